The monoisotopic (exact) mass is 224 g/mol. The molecular weight excluding hydrogens is 204 g/mol. The fourth-order valence-electron chi connectivity index (χ4n) is 0.989. The van der Waals surface area contributed by atoms with E-state index in [4.69, 9.17) is 0 Å². The number of hydrogen-bond acceptors (Lipinski definition) is 3. The minimum Gasteiger partial charge on any atom is -0.157 e. The molecule has 12 heavy (non-hydrogen) atoms. The van der Waals surface area contributed by atoms with Crippen LogP contribution >= 0.6 is 35.3 Å². The van der Waals surface area contributed by atoms with Gasteiger partial charge in [-0.05, 0) is 17.3 Å². The summed E-state index contributed by atoms with van der Waals surface area (Å²) in [6, 6.07) is 0. The van der Waals surface area contributed by atoms with E-state index in [1.54, 1.807) is 0 Å². The first-order chi connectivity index (χ1) is 5.76. The van der Waals surface area contributed by atoms with E-state index in [0.717, 1.165) is 9.83 Å². The Kier molecular flexibility index (Phi) is 9.40. The Morgan fingerprint density at radius 2 is 1.25 bits per heavy atom. The summed E-state index contributed by atoms with van der Waals surface area (Å²) in [4.78, 5) is 0. The topological polar surface area (TPSA) is 0 Å². The maximum absolute atomic E-state index is 2.35. The van der Waals surface area contributed by atoms with Gasteiger partial charge in [-0.1, -0.05) is 27.7 Å². The van der Waals surface area contributed by atoms with Gasteiger partial charge in [-0.2, -0.15) is 11.8 Å². The maximum Gasteiger partial charge on any atom is 0.0618 e. The Hall–Kier alpha value is 1.05. The third-order valence-corrected chi connectivity index (χ3v) is 5.91. The van der Waals surface area contributed by atoms with Gasteiger partial charge in [-0.15, -0.1) is 23.5 Å². The molecule has 0 radical (unpaired) electrons. The first-order valence-corrected chi connectivity index (χ1v) is 7.75. The van der Waals surface area contributed by atoms with E-state index in [2.05, 4.69) is 63.0 Å². The van der Waals surface area contributed by atoms with E-state index >= 15 is 0 Å². The van der Waals surface area contributed by atoms with Crippen LogP contribution in [-0.2, 0) is 0 Å². The molecule has 0 amide bonds. The van der Waals surface area contributed by atoms with Crippen LogP contribution in [0.25, 0.3) is 0 Å². The van der Waals surface area contributed by atoms with E-state index in [9.17, 15) is 0 Å². The molecule has 0 saturated carbocycles. The third-order valence-electron chi connectivity index (χ3n) is 1.47. The van der Waals surface area contributed by atoms with E-state index < -0.39 is 0 Å². The summed E-state index contributed by atoms with van der Waals surface area (Å²) < 4.78 is 0.796. The smallest absolute Gasteiger partial charge is 0.0618 e. The molecule has 0 aromatic carbocycles. The van der Waals surface area contributed by atoms with Gasteiger partial charge >= 0.3 is 0 Å². The Labute approximate surface area is 90.0 Å². The summed E-state index contributed by atoms with van der Waals surface area (Å²) in [5.74, 6) is 3.73. The van der Waals surface area contributed by atoms with Gasteiger partial charge in [-0.3, -0.25) is 0 Å². The van der Waals surface area contributed by atoms with Crippen molar-refractivity contribution < 1.29 is 0 Å². The molecule has 0 bridgehead atoms. The summed E-state index contributed by atoms with van der Waals surface area (Å²) in [5.41, 5.74) is 0. The van der Waals surface area contributed by atoms with E-state index in [0.29, 0.717) is 0 Å². The molecule has 0 aliphatic heterocycles. The molecule has 0 rings (SSSR count). The Bertz CT molecular complexity index is 89.8. The van der Waals surface area contributed by atoms with Crippen LogP contribution in [0.15, 0.2) is 0 Å². The first-order valence-electron chi connectivity index (χ1n) is 4.61. The van der Waals surface area contributed by atoms with Crippen molar-refractivity contribution in [1.29, 1.82) is 0 Å². The average Bonchev–Trinajstić information content (AvgIpc) is 2.04. The molecule has 3 heteroatoms. The Morgan fingerprint density at radius 1 is 0.833 bits per heavy atom. The van der Waals surface area contributed by atoms with Crippen LogP contribution in [0.5, 0.6) is 0 Å². The predicted molar refractivity (Wildman–Crippen MR) is 67.6 cm³/mol. The number of hydrogen-bond donors (Lipinski definition) is 0. The van der Waals surface area contributed by atoms with Gasteiger partial charge in [0.2, 0.25) is 0 Å². The lowest BCUT2D eigenvalue weighted by atomic mass is 10.5. The second kappa shape index (κ2) is 8.64. The van der Waals surface area contributed by atoms with E-state index in [1.165, 1.54) is 17.3 Å². The van der Waals surface area contributed by atoms with Crippen LogP contribution in [0, 0.1) is 0 Å². The van der Waals surface area contributed by atoms with Crippen LogP contribution < -0.4 is 0 Å². The fraction of sp³-hybridized carbons (Fsp3) is 1.00. The molecule has 1 unspecified atom stereocenters. The molecule has 0 spiro atoms. The van der Waals surface area contributed by atoms with Gasteiger partial charge in [0.15, 0.2) is 0 Å². The Balaban J connectivity index is 3.72. The summed E-state index contributed by atoms with van der Waals surface area (Å²) in [5, 5.41) is 0.796. The van der Waals surface area contributed by atoms with Crippen molar-refractivity contribution in [2.75, 3.05) is 17.3 Å². The Morgan fingerprint density at radius 3 is 1.58 bits per heavy atom. The molecule has 74 valence electrons. The molecule has 0 heterocycles. The van der Waals surface area contributed by atoms with Crippen molar-refractivity contribution in [2.24, 2.45) is 0 Å². The fourth-order valence-corrected chi connectivity index (χ4v) is 5.02. The van der Waals surface area contributed by atoms with Gasteiger partial charge in [0.25, 0.3) is 0 Å². The minimum absolute atomic E-state index is 0.796. The van der Waals surface area contributed by atoms with Crippen molar-refractivity contribution in [3.63, 3.8) is 0 Å². The van der Waals surface area contributed by atoms with Crippen LogP contribution in [0.3, 0.4) is 0 Å². The van der Waals surface area contributed by atoms with Gasteiger partial charge in [-0.25, -0.2) is 0 Å². The van der Waals surface area contributed by atoms with Crippen molar-refractivity contribution in [2.45, 2.75) is 37.5 Å². The summed E-state index contributed by atoms with van der Waals surface area (Å²) >= 11 is 6.26. The van der Waals surface area contributed by atoms with Crippen LogP contribution in [0.2, 0.25) is 0 Å². The van der Waals surface area contributed by atoms with Crippen LogP contribution in [0.1, 0.15) is 27.7 Å². The highest BCUT2D eigenvalue weighted by molar-refractivity contribution is 8.18. The highest BCUT2D eigenvalue weighted by Crippen LogP contribution is 2.32. The average molecular weight is 224 g/mol. The molecule has 0 aliphatic carbocycles. The molecule has 0 aromatic rings. The quantitative estimate of drug-likeness (QED) is 0.601. The first kappa shape index (κ1) is 13.1. The molecule has 0 fully saturated rings. The molecule has 0 aliphatic rings. The zero-order chi connectivity index (χ0) is 9.40. The molecule has 1 atom stereocenters. The van der Waals surface area contributed by atoms with E-state index in [-0.39, 0.29) is 0 Å². The highest BCUT2D eigenvalue weighted by atomic mass is 32.2. The second-order valence-corrected chi connectivity index (χ2v) is 7.23. The maximum atomic E-state index is 2.35. The van der Waals surface area contributed by atoms with Gasteiger partial charge in [0.1, 0.15) is 0 Å². The van der Waals surface area contributed by atoms with Gasteiger partial charge in [0.05, 0.1) is 4.58 Å². The van der Waals surface area contributed by atoms with Crippen molar-refractivity contribution in [1.82, 2.24) is 0 Å². The number of thioether (sulfide) groups is 3. The second-order valence-electron chi connectivity index (χ2n) is 2.44. The van der Waals surface area contributed by atoms with Crippen molar-refractivity contribution >= 4 is 35.3 Å². The molecule has 0 nitrogen and oxygen atoms in total. The van der Waals surface area contributed by atoms with Crippen molar-refractivity contribution in [3.8, 4) is 0 Å². The minimum atomic E-state index is 0.796. The lowest BCUT2D eigenvalue weighted by Crippen LogP contribution is -2.13. The van der Waals surface area contributed by atoms with E-state index in [1.807, 2.05) is 0 Å². The summed E-state index contributed by atoms with van der Waals surface area (Å²) in [7, 11) is 0. The normalized spacial score (nSPS) is 13.8. The number of rotatable bonds is 7. The molecule has 0 aromatic heterocycles. The zero-order valence-corrected chi connectivity index (χ0v) is 11.0. The summed E-state index contributed by atoms with van der Waals surface area (Å²) in [6.45, 7) is 9.09. The zero-order valence-electron chi connectivity index (χ0n) is 8.50. The lowest BCUT2D eigenvalue weighted by molar-refractivity contribution is 1.08. The van der Waals surface area contributed by atoms with Gasteiger partial charge in [0, 0.05) is 5.25 Å². The van der Waals surface area contributed by atoms with Crippen LogP contribution in [-0.4, -0.2) is 27.1 Å². The largest absolute Gasteiger partial charge is 0.157 e. The van der Waals surface area contributed by atoms with Gasteiger partial charge < -0.3 is 0 Å². The molecular formula is C9H20S3. The standard InChI is InChI=1S/C9H20S3/c1-5-10-8(4)9(11-6-2)12-7-3/h8-9H,5-7H2,1-4H3. The van der Waals surface area contributed by atoms with Crippen LogP contribution in [0.4, 0.5) is 0 Å². The predicted octanol–water partition coefficient (Wildman–Crippen LogP) is 3.96. The lowest BCUT2D eigenvalue weighted by Gasteiger charge is -2.21. The highest BCUT2D eigenvalue weighted by Gasteiger charge is 2.15. The SMILES string of the molecule is CCSC(C)C(SCC)SCC. The summed E-state index contributed by atoms with van der Waals surface area (Å²) in [6.07, 6.45) is 0. The van der Waals surface area contributed by atoms with Crippen molar-refractivity contribution in [3.05, 3.63) is 0 Å². The molecule has 0 saturated heterocycles. The third kappa shape index (κ3) is 5.65. The molecule has 0 N–H and O–H groups in total.